The van der Waals surface area contributed by atoms with Crippen LogP contribution in [0.25, 0.3) is 0 Å². The van der Waals surface area contributed by atoms with E-state index >= 15 is 0 Å². The first kappa shape index (κ1) is 14.5. The van der Waals surface area contributed by atoms with Crippen molar-refractivity contribution in [1.82, 2.24) is 0 Å². The number of esters is 1. The summed E-state index contributed by atoms with van der Waals surface area (Å²) in [7, 11) is 0. The normalized spacial score (nSPS) is 9.25. The molecular weight excluding hydrogens is 214 g/mol. The highest BCUT2D eigenvalue weighted by Crippen LogP contribution is 1.83. The molecule has 0 atom stereocenters. The van der Waals surface area contributed by atoms with E-state index in [1.165, 1.54) is 6.08 Å². The minimum absolute atomic E-state index is 0.195. The van der Waals surface area contributed by atoms with E-state index in [4.69, 9.17) is 9.47 Å². The molecule has 90 valence electrons. The number of carbonyl (C=O) groups is 1. The van der Waals surface area contributed by atoms with E-state index < -0.39 is 5.97 Å². The van der Waals surface area contributed by atoms with Crippen molar-refractivity contribution in [2.45, 2.75) is 0 Å². The Hall–Kier alpha value is -1.49. The van der Waals surface area contributed by atoms with Crippen LogP contribution in [-0.4, -0.2) is 51.6 Å². The predicted octanol–water partition coefficient (Wildman–Crippen LogP) is 0.0846. The molecule has 0 amide bonds. The van der Waals surface area contributed by atoms with Crippen molar-refractivity contribution in [2.24, 2.45) is 4.99 Å². The van der Waals surface area contributed by atoms with Gasteiger partial charge in [0.2, 0.25) is 6.08 Å². The maximum atomic E-state index is 10.6. The van der Waals surface area contributed by atoms with Gasteiger partial charge < -0.3 is 14.2 Å². The second-order valence-electron chi connectivity index (χ2n) is 2.57. The number of ether oxygens (including phenoxy) is 3. The fourth-order valence-electron chi connectivity index (χ4n) is 0.738. The minimum Gasteiger partial charge on any atom is -0.460 e. The highest BCUT2D eigenvalue weighted by molar-refractivity contribution is 5.81. The van der Waals surface area contributed by atoms with Crippen LogP contribution in [0.2, 0.25) is 0 Å². The summed E-state index contributed by atoms with van der Waals surface area (Å²) in [6.45, 7) is 5.24. The van der Waals surface area contributed by atoms with Gasteiger partial charge in [-0.15, -0.1) is 0 Å². The van der Waals surface area contributed by atoms with E-state index in [0.29, 0.717) is 33.0 Å². The zero-order chi connectivity index (χ0) is 12.1. The van der Waals surface area contributed by atoms with E-state index in [1.807, 2.05) is 0 Å². The van der Waals surface area contributed by atoms with Gasteiger partial charge in [0.05, 0.1) is 33.0 Å². The summed E-state index contributed by atoms with van der Waals surface area (Å²) in [6.07, 6.45) is 2.50. The third-order valence-electron chi connectivity index (χ3n) is 1.42. The van der Waals surface area contributed by atoms with Gasteiger partial charge in [-0.3, -0.25) is 0 Å². The molecule has 0 radical (unpaired) electrons. The molecule has 16 heavy (non-hydrogen) atoms. The summed E-state index contributed by atoms with van der Waals surface area (Å²) >= 11 is 0. The SMILES string of the molecule is C=CC(=O)OCCOCCOCCN=C=O. The Kier molecular flexibility index (Phi) is 10.5. The van der Waals surface area contributed by atoms with Gasteiger partial charge in [0.25, 0.3) is 0 Å². The van der Waals surface area contributed by atoms with E-state index in [2.05, 4.69) is 16.3 Å². The zero-order valence-electron chi connectivity index (χ0n) is 9.02. The molecule has 6 nitrogen and oxygen atoms in total. The smallest absolute Gasteiger partial charge is 0.330 e. The van der Waals surface area contributed by atoms with Gasteiger partial charge in [0, 0.05) is 6.08 Å². The molecule has 0 heterocycles. The van der Waals surface area contributed by atoms with Crippen molar-refractivity contribution >= 4 is 12.0 Å². The Morgan fingerprint density at radius 3 is 2.44 bits per heavy atom. The topological polar surface area (TPSA) is 74.2 Å². The first-order valence-corrected chi connectivity index (χ1v) is 4.79. The molecule has 0 unspecified atom stereocenters. The summed E-state index contributed by atoms with van der Waals surface area (Å²) in [5.41, 5.74) is 0. The number of isocyanates is 1. The van der Waals surface area contributed by atoms with Gasteiger partial charge in [0.1, 0.15) is 6.61 Å². The highest BCUT2D eigenvalue weighted by atomic mass is 16.6. The van der Waals surface area contributed by atoms with Crippen LogP contribution < -0.4 is 0 Å². The van der Waals surface area contributed by atoms with Crippen molar-refractivity contribution < 1.29 is 23.8 Å². The van der Waals surface area contributed by atoms with Gasteiger partial charge in [-0.2, -0.15) is 0 Å². The van der Waals surface area contributed by atoms with Gasteiger partial charge in [0.15, 0.2) is 0 Å². The lowest BCUT2D eigenvalue weighted by atomic mass is 10.6. The molecule has 0 N–H and O–H groups in total. The fourth-order valence-corrected chi connectivity index (χ4v) is 0.738. The third-order valence-corrected chi connectivity index (χ3v) is 1.42. The summed E-state index contributed by atoms with van der Waals surface area (Å²) in [4.78, 5) is 23.6. The summed E-state index contributed by atoms with van der Waals surface area (Å²) < 4.78 is 14.8. The maximum Gasteiger partial charge on any atom is 0.330 e. The number of carbonyl (C=O) groups excluding carboxylic acids is 2. The summed E-state index contributed by atoms with van der Waals surface area (Å²) in [5, 5.41) is 0. The molecule has 0 rings (SSSR count). The highest BCUT2D eigenvalue weighted by Gasteiger charge is 1.94. The van der Waals surface area contributed by atoms with Crippen LogP contribution in [0.1, 0.15) is 0 Å². The maximum absolute atomic E-state index is 10.6. The second kappa shape index (κ2) is 11.6. The lowest BCUT2D eigenvalue weighted by Crippen LogP contribution is -2.12. The molecule has 0 bridgehead atoms. The lowest BCUT2D eigenvalue weighted by molar-refractivity contribution is -0.139. The van der Waals surface area contributed by atoms with Crippen LogP contribution in [-0.2, 0) is 23.8 Å². The average molecular weight is 229 g/mol. The second-order valence-corrected chi connectivity index (χ2v) is 2.57. The molecule has 0 aliphatic rings. The Labute approximate surface area is 93.9 Å². The molecule has 0 spiro atoms. The fraction of sp³-hybridized carbons (Fsp3) is 0.600. The lowest BCUT2D eigenvalue weighted by Gasteiger charge is -2.04. The summed E-state index contributed by atoms with van der Waals surface area (Å²) in [5.74, 6) is -0.466. The quantitative estimate of drug-likeness (QED) is 0.174. The van der Waals surface area contributed by atoms with Crippen LogP contribution in [0.4, 0.5) is 0 Å². The van der Waals surface area contributed by atoms with Gasteiger partial charge in [-0.25, -0.2) is 14.6 Å². The average Bonchev–Trinajstić information content (AvgIpc) is 2.31. The van der Waals surface area contributed by atoms with Crippen LogP contribution in [0.3, 0.4) is 0 Å². The first-order chi connectivity index (χ1) is 7.81. The Bertz CT molecular complexity index is 248. The van der Waals surface area contributed by atoms with Gasteiger partial charge in [-0.05, 0) is 0 Å². The van der Waals surface area contributed by atoms with E-state index in [-0.39, 0.29) is 6.61 Å². The molecular formula is C10H15NO5. The largest absolute Gasteiger partial charge is 0.460 e. The number of hydrogen-bond acceptors (Lipinski definition) is 6. The molecule has 0 aromatic carbocycles. The Morgan fingerprint density at radius 1 is 1.19 bits per heavy atom. The third kappa shape index (κ3) is 10.6. The molecule has 0 aromatic heterocycles. The number of aliphatic imine (C=N–C) groups is 1. The molecule has 0 aliphatic carbocycles. The molecule has 0 saturated heterocycles. The van der Waals surface area contributed by atoms with E-state index in [9.17, 15) is 9.59 Å². The first-order valence-electron chi connectivity index (χ1n) is 4.79. The Morgan fingerprint density at radius 2 is 1.81 bits per heavy atom. The van der Waals surface area contributed by atoms with E-state index in [0.717, 1.165) is 6.08 Å². The number of hydrogen-bond donors (Lipinski definition) is 0. The van der Waals surface area contributed by atoms with Gasteiger partial charge >= 0.3 is 5.97 Å². The predicted molar refractivity (Wildman–Crippen MR) is 55.8 cm³/mol. The molecule has 0 saturated carbocycles. The molecule has 0 aliphatic heterocycles. The van der Waals surface area contributed by atoms with Gasteiger partial charge in [-0.1, -0.05) is 6.58 Å². The molecule has 0 fully saturated rings. The summed E-state index contributed by atoms with van der Waals surface area (Å²) in [6, 6.07) is 0. The Balaban J connectivity index is 3.06. The van der Waals surface area contributed by atoms with E-state index in [1.54, 1.807) is 0 Å². The van der Waals surface area contributed by atoms with Crippen molar-refractivity contribution in [3.8, 4) is 0 Å². The standard InChI is InChI=1S/C10H15NO5/c1-2-10(13)16-8-7-15-6-5-14-4-3-11-9-12/h2H,1,3-8H2. The number of rotatable bonds is 10. The van der Waals surface area contributed by atoms with Crippen molar-refractivity contribution in [3.63, 3.8) is 0 Å². The van der Waals surface area contributed by atoms with Crippen molar-refractivity contribution in [2.75, 3.05) is 39.6 Å². The van der Waals surface area contributed by atoms with Crippen LogP contribution in [0.15, 0.2) is 17.6 Å². The van der Waals surface area contributed by atoms with Crippen LogP contribution in [0, 0.1) is 0 Å². The number of nitrogens with zero attached hydrogens (tertiary/aromatic N) is 1. The van der Waals surface area contributed by atoms with Crippen LogP contribution >= 0.6 is 0 Å². The zero-order valence-corrected chi connectivity index (χ0v) is 9.02. The molecule has 6 heteroatoms. The van der Waals surface area contributed by atoms with Crippen LogP contribution in [0.5, 0.6) is 0 Å². The monoisotopic (exact) mass is 229 g/mol. The van der Waals surface area contributed by atoms with Crippen molar-refractivity contribution in [3.05, 3.63) is 12.7 Å². The molecule has 0 aromatic rings. The minimum atomic E-state index is -0.466. The van der Waals surface area contributed by atoms with Crippen molar-refractivity contribution in [1.29, 1.82) is 0 Å².